The fraction of sp³-hybridized carbons (Fsp3) is 0.200. The van der Waals surface area contributed by atoms with Gasteiger partial charge < -0.3 is 16.0 Å². The van der Waals surface area contributed by atoms with Gasteiger partial charge in [0.2, 0.25) is 0 Å². The van der Waals surface area contributed by atoms with Gasteiger partial charge >= 0.3 is 0 Å². The second-order valence-corrected chi connectivity index (χ2v) is 6.71. The van der Waals surface area contributed by atoms with Crippen LogP contribution in [0.2, 0.25) is 0 Å². The zero-order valence-corrected chi connectivity index (χ0v) is 17.4. The first-order valence-electron chi connectivity index (χ1n) is 10.3. The molecule has 0 radical (unpaired) electrons. The number of para-hydroxylation sites is 1. The van der Waals surface area contributed by atoms with Gasteiger partial charge in [-0.1, -0.05) is 62.4 Å². The van der Waals surface area contributed by atoms with Crippen molar-refractivity contribution in [2.75, 3.05) is 22.5 Å². The summed E-state index contributed by atoms with van der Waals surface area (Å²) in [5.41, 5.74) is 4.59. The monoisotopic (exact) mass is 401 g/mol. The standard InChI is InChI=1S/C23H21N3O2.C2H6/c27-22(17-7-3-1-2-4-8-17)26-20-10-6-5-9-19(20)23(28)25-18-12-11-16-13-14-24-21(16)15-18;1-2/h1-7,9-12,15,24H,8,13-14H2,(H,25,28)(H,26,27);1-2H3. The van der Waals surface area contributed by atoms with Crippen LogP contribution in [-0.4, -0.2) is 18.4 Å². The lowest BCUT2D eigenvalue weighted by Crippen LogP contribution is -2.19. The first-order valence-corrected chi connectivity index (χ1v) is 10.3. The van der Waals surface area contributed by atoms with Crippen molar-refractivity contribution in [3.05, 3.63) is 89.5 Å². The van der Waals surface area contributed by atoms with Gasteiger partial charge in [0.15, 0.2) is 0 Å². The summed E-state index contributed by atoms with van der Waals surface area (Å²) in [6.07, 6.45) is 10.9. The molecule has 30 heavy (non-hydrogen) atoms. The van der Waals surface area contributed by atoms with E-state index in [-0.39, 0.29) is 11.8 Å². The van der Waals surface area contributed by atoms with Gasteiger partial charge in [-0.25, -0.2) is 0 Å². The Labute approximate surface area is 177 Å². The second-order valence-electron chi connectivity index (χ2n) is 6.71. The lowest BCUT2D eigenvalue weighted by molar-refractivity contribution is -0.112. The molecule has 4 rings (SSSR count). The fourth-order valence-corrected chi connectivity index (χ4v) is 3.31. The first kappa shape index (κ1) is 21.1. The van der Waals surface area contributed by atoms with Crippen molar-refractivity contribution < 1.29 is 9.59 Å². The van der Waals surface area contributed by atoms with Crippen LogP contribution in [0.4, 0.5) is 17.1 Å². The first-order chi connectivity index (χ1) is 14.7. The van der Waals surface area contributed by atoms with Gasteiger partial charge in [0.05, 0.1) is 11.3 Å². The van der Waals surface area contributed by atoms with Gasteiger partial charge in [0, 0.05) is 23.5 Å². The van der Waals surface area contributed by atoms with Crippen molar-refractivity contribution in [1.82, 2.24) is 0 Å². The van der Waals surface area contributed by atoms with Crippen LogP contribution in [0.5, 0.6) is 0 Å². The summed E-state index contributed by atoms with van der Waals surface area (Å²) >= 11 is 0. The molecule has 0 saturated heterocycles. The third-order valence-corrected chi connectivity index (χ3v) is 4.78. The van der Waals surface area contributed by atoms with E-state index in [0.717, 1.165) is 24.3 Å². The molecule has 3 N–H and O–H groups in total. The zero-order valence-electron chi connectivity index (χ0n) is 17.4. The van der Waals surface area contributed by atoms with Crippen LogP contribution in [0.1, 0.15) is 36.2 Å². The van der Waals surface area contributed by atoms with E-state index in [9.17, 15) is 9.59 Å². The van der Waals surface area contributed by atoms with Crippen LogP contribution in [-0.2, 0) is 11.2 Å². The van der Waals surface area contributed by atoms with Gasteiger partial charge in [0.25, 0.3) is 11.8 Å². The van der Waals surface area contributed by atoms with E-state index in [0.29, 0.717) is 23.2 Å². The van der Waals surface area contributed by atoms with Crippen LogP contribution in [0.3, 0.4) is 0 Å². The maximum Gasteiger partial charge on any atom is 0.257 e. The Morgan fingerprint density at radius 3 is 2.63 bits per heavy atom. The third-order valence-electron chi connectivity index (χ3n) is 4.78. The minimum atomic E-state index is -0.261. The molecule has 5 nitrogen and oxygen atoms in total. The number of hydrogen-bond donors (Lipinski definition) is 3. The van der Waals surface area contributed by atoms with Crippen LogP contribution >= 0.6 is 0 Å². The summed E-state index contributed by atoms with van der Waals surface area (Å²) < 4.78 is 0. The van der Waals surface area contributed by atoms with Gasteiger partial charge in [-0.2, -0.15) is 0 Å². The predicted octanol–water partition coefficient (Wildman–Crippen LogP) is 5.31. The molecule has 0 spiro atoms. The van der Waals surface area contributed by atoms with E-state index in [4.69, 9.17) is 0 Å². The van der Waals surface area contributed by atoms with Crippen LogP contribution in [0.25, 0.3) is 0 Å². The molecule has 154 valence electrons. The van der Waals surface area contributed by atoms with Gasteiger partial charge in [-0.05, 0) is 42.7 Å². The molecular formula is C25H27N3O2. The van der Waals surface area contributed by atoms with Gasteiger partial charge in [-0.15, -0.1) is 0 Å². The van der Waals surface area contributed by atoms with Gasteiger partial charge in [-0.3, -0.25) is 9.59 Å². The molecule has 1 heterocycles. The molecule has 0 saturated carbocycles. The Balaban J connectivity index is 0.00000124. The number of fused-ring (bicyclic) bond motifs is 1. The van der Waals surface area contributed by atoms with Crippen molar-refractivity contribution in [2.45, 2.75) is 26.7 Å². The SMILES string of the molecule is CC.O=C(Nc1ccccc1C(=O)Nc1ccc2c(c1)NCC2)C1=CC=CC=CC1. The highest BCUT2D eigenvalue weighted by molar-refractivity contribution is 6.12. The van der Waals surface area contributed by atoms with Crippen molar-refractivity contribution in [2.24, 2.45) is 0 Å². The molecule has 0 unspecified atom stereocenters. The number of benzene rings is 2. The summed E-state index contributed by atoms with van der Waals surface area (Å²) in [7, 11) is 0. The molecule has 2 aromatic carbocycles. The van der Waals surface area contributed by atoms with E-state index in [1.165, 1.54) is 5.56 Å². The number of allylic oxidation sites excluding steroid dienone is 5. The molecule has 1 aliphatic heterocycles. The van der Waals surface area contributed by atoms with Crippen LogP contribution in [0, 0.1) is 0 Å². The summed E-state index contributed by atoms with van der Waals surface area (Å²) in [6.45, 7) is 4.92. The van der Waals surface area contributed by atoms with Crippen molar-refractivity contribution in [1.29, 1.82) is 0 Å². The van der Waals surface area contributed by atoms with Crippen molar-refractivity contribution >= 4 is 28.9 Å². The molecule has 0 fully saturated rings. The maximum absolute atomic E-state index is 12.8. The largest absolute Gasteiger partial charge is 0.384 e. The second kappa shape index (κ2) is 10.3. The summed E-state index contributed by atoms with van der Waals surface area (Å²) in [6, 6.07) is 12.9. The molecule has 2 aromatic rings. The number of rotatable bonds is 4. The van der Waals surface area contributed by atoms with E-state index < -0.39 is 0 Å². The average Bonchev–Trinajstić information content (AvgIpc) is 3.06. The van der Waals surface area contributed by atoms with E-state index in [2.05, 4.69) is 16.0 Å². The van der Waals surface area contributed by atoms with Crippen LogP contribution in [0.15, 0.2) is 78.4 Å². The van der Waals surface area contributed by atoms with E-state index in [1.807, 2.05) is 56.4 Å². The summed E-state index contributed by atoms with van der Waals surface area (Å²) in [4.78, 5) is 25.4. The molecule has 2 amide bonds. The molecule has 1 aliphatic carbocycles. The third kappa shape index (κ3) is 5.06. The highest BCUT2D eigenvalue weighted by Gasteiger charge is 2.16. The molecule has 0 bridgehead atoms. The van der Waals surface area contributed by atoms with Gasteiger partial charge in [0.1, 0.15) is 0 Å². The number of carbonyl (C=O) groups is 2. The molecular weight excluding hydrogens is 374 g/mol. The minimum absolute atomic E-state index is 0.210. The predicted molar refractivity (Wildman–Crippen MR) is 124 cm³/mol. The highest BCUT2D eigenvalue weighted by Crippen LogP contribution is 2.26. The number of carbonyl (C=O) groups excluding carboxylic acids is 2. The average molecular weight is 402 g/mol. The molecule has 0 atom stereocenters. The lowest BCUT2D eigenvalue weighted by Gasteiger charge is -2.13. The summed E-state index contributed by atoms with van der Waals surface area (Å²) in [5, 5.41) is 9.10. The fourth-order valence-electron chi connectivity index (χ4n) is 3.31. The lowest BCUT2D eigenvalue weighted by atomic mass is 10.1. The molecule has 0 aromatic heterocycles. The topological polar surface area (TPSA) is 70.2 Å². The number of hydrogen-bond acceptors (Lipinski definition) is 3. The van der Waals surface area contributed by atoms with Crippen molar-refractivity contribution in [3.8, 4) is 0 Å². The van der Waals surface area contributed by atoms with E-state index >= 15 is 0 Å². The highest BCUT2D eigenvalue weighted by atomic mass is 16.2. The zero-order chi connectivity index (χ0) is 21.3. The van der Waals surface area contributed by atoms with Crippen molar-refractivity contribution in [3.63, 3.8) is 0 Å². The number of nitrogens with one attached hydrogen (secondary N) is 3. The molecule has 5 heteroatoms. The number of anilines is 3. The Hall–Kier alpha value is -3.60. The molecule has 2 aliphatic rings. The summed E-state index contributed by atoms with van der Waals surface area (Å²) in [5.74, 6) is -0.471. The minimum Gasteiger partial charge on any atom is -0.384 e. The normalized spacial score (nSPS) is 13.7. The smallest absolute Gasteiger partial charge is 0.257 e. The Morgan fingerprint density at radius 1 is 0.933 bits per heavy atom. The number of amides is 2. The quantitative estimate of drug-likeness (QED) is 0.650. The Kier molecular flexibility index (Phi) is 7.22. The Bertz CT molecular complexity index is 1020. The maximum atomic E-state index is 12.8. The van der Waals surface area contributed by atoms with Crippen LogP contribution < -0.4 is 16.0 Å². The Morgan fingerprint density at radius 2 is 1.77 bits per heavy atom. The van der Waals surface area contributed by atoms with E-state index in [1.54, 1.807) is 30.3 Å².